The van der Waals surface area contributed by atoms with Crippen molar-refractivity contribution in [2.75, 3.05) is 36.4 Å². The summed E-state index contributed by atoms with van der Waals surface area (Å²) >= 11 is 3.09. The predicted octanol–water partition coefficient (Wildman–Crippen LogP) is 2.29. The van der Waals surface area contributed by atoms with Crippen LogP contribution in [-0.4, -0.2) is 53.1 Å². The molecule has 0 saturated carbocycles. The summed E-state index contributed by atoms with van der Waals surface area (Å²) in [6.07, 6.45) is 2.04. The van der Waals surface area contributed by atoms with Gasteiger partial charge >= 0.3 is 0 Å². The standard InChI is InChI=1S/C17H18N4O2S2/c22-15(20-6-8-21(9-7-20)17-18-5-10-24-17)11-14-16(23)19-12-3-1-2-4-13(12)25-14/h1-5,10,14H,6-9,11H2,(H,19,23). The molecule has 8 heteroatoms. The molecule has 1 unspecified atom stereocenters. The van der Waals surface area contributed by atoms with Crippen molar-refractivity contribution in [2.45, 2.75) is 16.6 Å². The zero-order valence-corrected chi connectivity index (χ0v) is 15.2. The Labute approximate surface area is 154 Å². The van der Waals surface area contributed by atoms with Gasteiger partial charge in [0.15, 0.2) is 5.13 Å². The van der Waals surface area contributed by atoms with Gasteiger partial charge in [0, 0.05) is 49.1 Å². The van der Waals surface area contributed by atoms with Crippen LogP contribution >= 0.6 is 23.1 Å². The molecule has 0 spiro atoms. The Morgan fingerprint density at radius 3 is 2.80 bits per heavy atom. The van der Waals surface area contributed by atoms with E-state index >= 15 is 0 Å². The molecular formula is C17H18N4O2S2. The lowest BCUT2D eigenvalue weighted by Crippen LogP contribution is -2.49. The van der Waals surface area contributed by atoms with Crippen LogP contribution in [-0.2, 0) is 9.59 Å². The number of anilines is 2. The summed E-state index contributed by atoms with van der Waals surface area (Å²) in [5.74, 6) is -0.0377. The first-order chi connectivity index (χ1) is 12.2. The molecule has 1 N–H and O–H groups in total. The quantitative estimate of drug-likeness (QED) is 0.893. The van der Waals surface area contributed by atoms with E-state index in [-0.39, 0.29) is 23.5 Å². The van der Waals surface area contributed by atoms with Crippen molar-refractivity contribution < 1.29 is 9.59 Å². The number of aromatic nitrogens is 1. The average Bonchev–Trinajstić information content (AvgIpc) is 3.17. The normalized spacial score (nSPS) is 20.2. The predicted molar refractivity (Wildman–Crippen MR) is 100 cm³/mol. The van der Waals surface area contributed by atoms with Gasteiger partial charge in [0.25, 0.3) is 0 Å². The molecule has 1 saturated heterocycles. The first-order valence-corrected chi connectivity index (χ1v) is 9.95. The molecule has 0 aliphatic carbocycles. The number of hydrogen-bond donors (Lipinski definition) is 1. The zero-order valence-electron chi connectivity index (χ0n) is 13.6. The third-order valence-electron chi connectivity index (χ3n) is 4.39. The van der Waals surface area contributed by atoms with Gasteiger partial charge in [0.1, 0.15) is 0 Å². The van der Waals surface area contributed by atoms with Crippen molar-refractivity contribution in [3.8, 4) is 0 Å². The summed E-state index contributed by atoms with van der Waals surface area (Å²) in [6, 6.07) is 7.70. The fraction of sp³-hybridized carbons (Fsp3) is 0.353. The summed E-state index contributed by atoms with van der Waals surface area (Å²) in [5.41, 5.74) is 0.832. The van der Waals surface area contributed by atoms with E-state index in [4.69, 9.17) is 0 Å². The molecular weight excluding hydrogens is 356 g/mol. The van der Waals surface area contributed by atoms with E-state index in [9.17, 15) is 9.59 Å². The van der Waals surface area contributed by atoms with Crippen molar-refractivity contribution in [3.63, 3.8) is 0 Å². The molecule has 2 aliphatic heterocycles. The number of thiazole rings is 1. The highest BCUT2D eigenvalue weighted by Crippen LogP contribution is 2.36. The fourth-order valence-corrected chi connectivity index (χ4v) is 4.83. The first-order valence-electron chi connectivity index (χ1n) is 8.19. The van der Waals surface area contributed by atoms with E-state index in [0.717, 1.165) is 28.8 Å². The Bertz CT molecular complexity index is 773. The second kappa shape index (κ2) is 7.05. The molecule has 2 amide bonds. The van der Waals surface area contributed by atoms with E-state index < -0.39 is 0 Å². The van der Waals surface area contributed by atoms with Crippen LogP contribution in [0.4, 0.5) is 10.8 Å². The Morgan fingerprint density at radius 1 is 1.24 bits per heavy atom. The number of carbonyl (C=O) groups is 2. The molecule has 2 aliphatic rings. The number of piperazine rings is 1. The van der Waals surface area contributed by atoms with Crippen LogP contribution in [0.15, 0.2) is 40.7 Å². The number of carbonyl (C=O) groups excluding carboxylic acids is 2. The van der Waals surface area contributed by atoms with Crippen molar-refractivity contribution in [3.05, 3.63) is 35.8 Å². The van der Waals surface area contributed by atoms with E-state index in [2.05, 4.69) is 15.2 Å². The SMILES string of the molecule is O=C1Nc2ccccc2SC1CC(=O)N1CCN(c2nccs2)CC1. The third-order valence-corrected chi connectivity index (χ3v) is 6.50. The molecule has 130 valence electrons. The van der Waals surface area contributed by atoms with Crippen LogP contribution in [0, 0.1) is 0 Å². The lowest BCUT2D eigenvalue weighted by molar-refractivity contribution is -0.132. The Balaban J connectivity index is 1.34. The number of nitrogens with zero attached hydrogens (tertiary/aromatic N) is 3. The van der Waals surface area contributed by atoms with Gasteiger partial charge in [-0.1, -0.05) is 12.1 Å². The molecule has 1 aromatic carbocycles. The maximum Gasteiger partial charge on any atom is 0.238 e. The summed E-state index contributed by atoms with van der Waals surface area (Å²) in [4.78, 5) is 34.3. The number of fused-ring (bicyclic) bond motifs is 1. The smallest absolute Gasteiger partial charge is 0.238 e. The summed E-state index contributed by atoms with van der Waals surface area (Å²) in [6.45, 7) is 2.92. The molecule has 1 fully saturated rings. The first kappa shape index (κ1) is 16.4. The zero-order chi connectivity index (χ0) is 17.2. The maximum absolute atomic E-state index is 12.6. The Hall–Kier alpha value is -2.06. The Kier molecular flexibility index (Phi) is 4.63. The second-order valence-electron chi connectivity index (χ2n) is 5.98. The lowest BCUT2D eigenvalue weighted by Gasteiger charge is -2.35. The van der Waals surface area contributed by atoms with Crippen LogP contribution in [0.2, 0.25) is 0 Å². The summed E-state index contributed by atoms with van der Waals surface area (Å²) in [7, 11) is 0. The number of rotatable bonds is 3. The van der Waals surface area contributed by atoms with Crippen LogP contribution in [0.3, 0.4) is 0 Å². The van der Waals surface area contributed by atoms with Gasteiger partial charge in [-0.15, -0.1) is 23.1 Å². The minimum absolute atomic E-state index is 0.0471. The van der Waals surface area contributed by atoms with E-state index in [1.54, 1.807) is 17.5 Å². The van der Waals surface area contributed by atoms with Crippen LogP contribution in [0.5, 0.6) is 0 Å². The van der Waals surface area contributed by atoms with Gasteiger partial charge < -0.3 is 15.1 Å². The average molecular weight is 374 g/mol. The van der Waals surface area contributed by atoms with Gasteiger partial charge in [-0.25, -0.2) is 4.98 Å². The number of para-hydroxylation sites is 1. The van der Waals surface area contributed by atoms with E-state index in [0.29, 0.717) is 13.1 Å². The highest BCUT2D eigenvalue weighted by atomic mass is 32.2. The largest absolute Gasteiger partial charge is 0.345 e. The van der Waals surface area contributed by atoms with Crippen LogP contribution < -0.4 is 10.2 Å². The highest BCUT2D eigenvalue weighted by Gasteiger charge is 2.31. The highest BCUT2D eigenvalue weighted by molar-refractivity contribution is 8.01. The van der Waals surface area contributed by atoms with Crippen molar-refractivity contribution >= 4 is 45.7 Å². The van der Waals surface area contributed by atoms with Gasteiger partial charge in [-0.05, 0) is 12.1 Å². The molecule has 4 rings (SSSR count). The number of benzene rings is 1. The molecule has 3 heterocycles. The lowest BCUT2D eigenvalue weighted by atomic mass is 10.2. The third kappa shape index (κ3) is 3.50. The van der Waals surface area contributed by atoms with Gasteiger partial charge in [-0.2, -0.15) is 0 Å². The summed E-state index contributed by atoms with van der Waals surface area (Å²) < 4.78 is 0. The van der Waals surface area contributed by atoms with Crippen molar-refractivity contribution in [1.82, 2.24) is 9.88 Å². The maximum atomic E-state index is 12.6. The van der Waals surface area contributed by atoms with Gasteiger partial charge in [0.2, 0.25) is 11.8 Å². The molecule has 1 atom stereocenters. The number of amides is 2. The molecule has 0 radical (unpaired) electrons. The molecule has 2 aromatic rings. The number of nitrogens with one attached hydrogen (secondary N) is 1. The van der Waals surface area contributed by atoms with Crippen molar-refractivity contribution in [1.29, 1.82) is 0 Å². The van der Waals surface area contributed by atoms with Gasteiger partial charge in [0.05, 0.1) is 10.9 Å². The fourth-order valence-electron chi connectivity index (χ4n) is 3.03. The van der Waals surface area contributed by atoms with E-state index in [1.165, 1.54) is 11.8 Å². The molecule has 0 bridgehead atoms. The monoisotopic (exact) mass is 374 g/mol. The van der Waals surface area contributed by atoms with E-state index in [1.807, 2.05) is 34.5 Å². The molecule has 6 nitrogen and oxygen atoms in total. The summed E-state index contributed by atoms with van der Waals surface area (Å²) in [5, 5.41) is 5.50. The number of thioether (sulfide) groups is 1. The Morgan fingerprint density at radius 2 is 2.04 bits per heavy atom. The second-order valence-corrected chi connectivity index (χ2v) is 8.10. The van der Waals surface area contributed by atoms with Crippen molar-refractivity contribution in [2.24, 2.45) is 0 Å². The minimum Gasteiger partial charge on any atom is -0.345 e. The number of hydrogen-bond acceptors (Lipinski definition) is 6. The molecule has 25 heavy (non-hydrogen) atoms. The van der Waals surface area contributed by atoms with Gasteiger partial charge in [-0.3, -0.25) is 9.59 Å². The van der Waals surface area contributed by atoms with Crippen LogP contribution in [0.25, 0.3) is 0 Å². The minimum atomic E-state index is -0.362. The topological polar surface area (TPSA) is 65.5 Å². The van der Waals surface area contributed by atoms with Crippen LogP contribution in [0.1, 0.15) is 6.42 Å². The molecule has 1 aromatic heterocycles.